The van der Waals surface area contributed by atoms with Crippen LogP contribution in [0.2, 0.25) is 0 Å². The molecule has 10 heteroatoms. The van der Waals surface area contributed by atoms with Crippen LogP contribution in [0.1, 0.15) is 21.7 Å². The number of tetrazole rings is 1. The standard InChI is InChI=1S/C25H23FN6O2S/c26-19-12-10-17(11-13-19)14-18(24(27)33)15-28-25(34)21-8-4-5-9-22(21)35-16-23-29-30-31-32(23)20-6-2-1-3-7-20/h1-13,18H,14-16H2,(H2,27,33)(H,28,34). The number of amides is 2. The van der Waals surface area contributed by atoms with Crippen LogP contribution in [0.4, 0.5) is 4.39 Å². The minimum Gasteiger partial charge on any atom is -0.369 e. The summed E-state index contributed by atoms with van der Waals surface area (Å²) in [7, 11) is 0. The monoisotopic (exact) mass is 490 g/mol. The van der Waals surface area contributed by atoms with Gasteiger partial charge in [-0.05, 0) is 58.8 Å². The van der Waals surface area contributed by atoms with Gasteiger partial charge in [0.15, 0.2) is 5.82 Å². The number of hydrogen-bond donors (Lipinski definition) is 2. The molecule has 0 bridgehead atoms. The molecule has 1 unspecified atom stereocenters. The summed E-state index contributed by atoms with van der Waals surface area (Å²) in [5, 5.41) is 14.8. The van der Waals surface area contributed by atoms with Crippen LogP contribution in [0, 0.1) is 11.7 Å². The van der Waals surface area contributed by atoms with Gasteiger partial charge >= 0.3 is 0 Å². The van der Waals surface area contributed by atoms with Gasteiger partial charge in [-0.2, -0.15) is 4.68 Å². The van der Waals surface area contributed by atoms with E-state index in [1.165, 1.54) is 23.9 Å². The van der Waals surface area contributed by atoms with Gasteiger partial charge in [0.1, 0.15) is 5.82 Å². The van der Waals surface area contributed by atoms with E-state index in [9.17, 15) is 14.0 Å². The van der Waals surface area contributed by atoms with Gasteiger partial charge in [-0.1, -0.05) is 42.5 Å². The van der Waals surface area contributed by atoms with Gasteiger partial charge in [-0.25, -0.2) is 4.39 Å². The predicted molar refractivity (Wildman–Crippen MR) is 130 cm³/mol. The number of rotatable bonds is 10. The fourth-order valence-electron chi connectivity index (χ4n) is 3.48. The summed E-state index contributed by atoms with van der Waals surface area (Å²) in [4.78, 5) is 25.7. The van der Waals surface area contributed by atoms with Gasteiger partial charge < -0.3 is 11.1 Å². The number of nitrogens with two attached hydrogens (primary N) is 1. The van der Waals surface area contributed by atoms with Gasteiger partial charge in [0.05, 0.1) is 22.9 Å². The fraction of sp³-hybridized carbons (Fsp3) is 0.160. The van der Waals surface area contributed by atoms with E-state index in [0.29, 0.717) is 23.6 Å². The molecule has 0 spiro atoms. The zero-order valence-corrected chi connectivity index (χ0v) is 19.5. The van der Waals surface area contributed by atoms with Crippen molar-refractivity contribution in [3.05, 3.63) is 102 Å². The van der Waals surface area contributed by atoms with Crippen LogP contribution in [0.15, 0.2) is 83.8 Å². The third kappa shape index (κ3) is 6.30. The molecule has 35 heavy (non-hydrogen) atoms. The summed E-state index contributed by atoms with van der Waals surface area (Å²) in [6.07, 6.45) is 0.300. The first-order valence-corrected chi connectivity index (χ1v) is 11.9. The van der Waals surface area contributed by atoms with Gasteiger partial charge in [0.2, 0.25) is 5.91 Å². The van der Waals surface area contributed by atoms with Crippen LogP contribution < -0.4 is 11.1 Å². The molecule has 0 aliphatic rings. The lowest BCUT2D eigenvalue weighted by atomic mass is 9.98. The number of hydrogen-bond acceptors (Lipinski definition) is 6. The molecule has 1 aromatic heterocycles. The number of nitrogens with zero attached hydrogens (tertiary/aromatic N) is 4. The van der Waals surface area contributed by atoms with Crippen LogP contribution in [-0.2, 0) is 17.0 Å². The Morgan fingerprint density at radius 1 is 1.00 bits per heavy atom. The molecule has 1 atom stereocenters. The van der Waals surface area contributed by atoms with Crippen molar-refractivity contribution in [2.75, 3.05) is 6.54 Å². The van der Waals surface area contributed by atoms with Crippen LogP contribution in [0.5, 0.6) is 0 Å². The third-order valence-corrected chi connectivity index (χ3v) is 6.40. The molecule has 3 N–H and O–H groups in total. The highest BCUT2D eigenvalue weighted by molar-refractivity contribution is 7.98. The second-order valence-corrected chi connectivity index (χ2v) is 8.78. The average molecular weight is 491 g/mol. The second-order valence-electron chi connectivity index (χ2n) is 7.77. The number of carbonyl (C=O) groups excluding carboxylic acids is 2. The molecule has 0 fully saturated rings. The maximum Gasteiger partial charge on any atom is 0.252 e. The second kappa shape index (κ2) is 11.4. The minimum atomic E-state index is -0.625. The van der Waals surface area contributed by atoms with E-state index in [-0.39, 0.29) is 18.3 Å². The highest BCUT2D eigenvalue weighted by Crippen LogP contribution is 2.26. The normalized spacial score (nSPS) is 11.7. The molecule has 0 saturated heterocycles. The Morgan fingerprint density at radius 2 is 1.71 bits per heavy atom. The summed E-state index contributed by atoms with van der Waals surface area (Å²) >= 11 is 1.44. The molecule has 0 aliphatic heterocycles. The number of aromatic nitrogens is 4. The molecule has 1 heterocycles. The molecule has 8 nitrogen and oxygen atoms in total. The van der Waals surface area contributed by atoms with Gasteiger partial charge in [-0.3, -0.25) is 9.59 Å². The van der Waals surface area contributed by atoms with Crippen molar-refractivity contribution in [2.24, 2.45) is 11.7 Å². The maximum absolute atomic E-state index is 13.2. The van der Waals surface area contributed by atoms with Gasteiger partial charge in [0.25, 0.3) is 5.91 Å². The Bertz CT molecular complexity index is 1300. The summed E-state index contributed by atoms with van der Waals surface area (Å²) in [6.45, 7) is 0.0663. The van der Waals surface area contributed by atoms with E-state index in [4.69, 9.17) is 5.73 Å². The lowest BCUT2D eigenvalue weighted by molar-refractivity contribution is -0.121. The highest BCUT2D eigenvalue weighted by atomic mass is 32.2. The molecule has 3 aromatic carbocycles. The van der Waals surface area contributed by atoms with E-state index >= 15 is 0 Å². The zero-order valence-electron chi connectivity index (χ0n) is 18.7. The first-order valence-electron chi connectivity index (χ1n) is 10.9. The van der Waals surface area contributed by atoms with Crippen molar-refractivity contribution in [1.82, 2.24) is 25.5 Å². The van der Waals surface area contributed by atoms with Crippen molar-refractivity contribution in [2.45, 2.75) is 17.1 Å². The van der Waals surface area contributed by atoms with Crippen molar-refractivity contribution >= 4 is 23.6 Å². The molecule has 0 saturated carbocycles. The molecular weight excluding hydrogens is 467 g/mol. The zero-order chi connectivity index (χ0) is 24.6. The number of benzene rings is 3. The van der Waals surface area contributed by atoms with Crippen LogP contribution >= 0.6 is 11.8 Å². The number of nitrogens with one attached hydrogen (secondary N) is 1. The van der Waals surface area contributed by atoms with Crippen molar-refractivity contribution in [1.29, 1.82) is 0 Å². The Labute approximate surface area is 205 Å². The van der Waals surface area contributed by atoms with E-state index in [0.717, 1.165) is 16.1 Å². The summed E-state index contributed by atoms with van der Waals surface area (Å²) in [5.41, 5.74) is 7.62. The Hall–Kier alpha value is -4.05. The predicted octanol–water partition coefficient (Wildman–Crippen LogP) is 3.17. The Kier molecular flexibility index (Phi) is 7.84. The highest BCUT2D eigenvalue weighted by Gasteiger charge is 2.19. The molecule has 0 aliphatic carbocycles. The summed E-state index contributed by atoms with van der Waals surface area (Å²) in [6, 6.07) is 22.6. The Morgan fingerprint density at radius 3 is 2.46 bits per heavy atom. The number of para-hydroxylation sites is 1. The number of thioether (sulfide) groups is 1. The van der Waals surface area contributed by atoms with Crippen LogP contribution in [-0.4, -0.2) is 38.6 Å². The van der Waals surface area contributed by atoms with Gasteiger partial charge in [0, 0.05) is 11.4 Å². The molecule has 0 radical (unpaired) electrons. The molecular formula is C25H23FN6O2S. The van der Waals surface area contributed by atoms with Crippen molar-refractivity contribution in [3.63, 3.8) is 0 Å². The van der Waals surface area contributed by atoms with Gasteiger partial charge in [-0.15, -0.1) is 16.9 Å². The quantitative estimate of drug-likeness (QED) is 0.330. The third-order valence-electron chi connectivity index (χ3n) is 5.33. The minimum absolute atomic E-state index is 0.0663. The topological polar surface area (TPSA) is 116 Å². The first-order chi connectivity index (χ1) is 17.0. The molecule has 2 amide bonds. The Balaban J connectivity index is 1.41. The molecule has 178 valence electrons. The smallest absolute Gasteiger partial charge is 0.252 e. The number of carbonyl (C=O) groups is 2. The van der Waals surface area contributed by atoms with E-state index in [2.05, 4.69) is 20.8 Å². The van der Waals surface area contributed by atoms with Crippen molar-refractivity contribution < 1.29 is 14.0 Å². The summed E-state index contributed by atoms with van der Waals surface area (Å²) < 4.78 is 14.8. The van der Waals surface area contributed by atoms with E-state index in [1.54, 1.807) is 28.9 Å². The van der Waals surface area contributed by atoms with E-state index < -0.39 is 11.8 Å². The summed E-state index contributed by atoms with van der Waals surface area (Å²) in [5.74, 6) is -0.749. The first kappa shape index (κ1) is 24.1. The lowest BCUT2D eigenvalue weighted by Gasteiger charge is -2.15. The lowest BCUT2D eigenvalue weighted by Crippen LogP contribution is -2.37. The largest absolute Gasteiger partial charge is 0.369 e. The number of halogens is 1. The van der Waals surface area contributed by atoms with Crippen LogP contribution in [0.25, 0.3) is 5.69 Å². The van der Waals surface area contributed by atoms with Crippen LogP contribution in [0.3, 0.4) is 0 Å². The SMILES string of the molecule is NC(=O)C(CNC(=O)c1ccccc1SCc1nnnn1-c1ccccc1)Cc1ccc(F)cc1. The van der Waals surface area contributed by atoms with Crippen molar-refractivity contribution in [3.8, 4) is 5.69 Å². The fourth-order valence-corrected chi connectivity index (χ4v) is 4.43. The molecule has 4 aromatic rings. The number of primary amides is 1. The maximum atomic E-state index is 13.2. The average Bonchev–Trinajstić information content (AvgIpc) is 3.35. The molecule has 4 rings (SSSR count). The van der Waals surface area contributed by atoms with E-state index in [1.807, 2.05) is 42.5 Å².